The predicted octanol–water partition coefficient (Wildman–Crippen LogP) is 4.79. The molecule has 130 valence electrons. The number of rotatable bonds is 7. The van der Waals surface area contributed by atoms with Crippen LogP contribution >= 0.6 is 11.3 Å². The quantitative estimate of drug-likeness (QED) is 0.597. The summed E-state index contributed by atoms with van der Waals surface area (Å²) in [7, 11) is 0. The number of nitrogens with zero attached hydrogens (tertiary/aromatic N) is 2. The molecule has 3 aromatic rings. The van der Waals surface area contributed by atoms with Crippen molar-refractivity contribution < 1.29 is 9.18 Å². The van der Waals surface area contributed by atoms with Crippen molar-refractivity contribution >= 4 is 17.2 Å². The van der Waals surface area contributed by atoms with Crippen molar-refractivity contribution in [3.8, 4) is 0 Å². The van der Waals surface area contributed by atoms with Gasteiger partial charge < -0.3 is 9.47 Å². The molecule has 0 N–H and O–H groups in total. The predicted molar refractivity (Wildman–Crippen MR) is 99.3 cm³/mol. The van der Waals surface area contributed by atoms with Crippen molar-refractivity contribution in [2.24, 2.45) is 0 Å². The smallest absolute Gasteiger partial charge is 0.264 e. The molecule has 0 aliphatic heterocycles. The lowest BCUT2D eigenvalue weighted by Gasteiger charge is -2.22. The molecular formula is C20H21FN2OS. The van der Waals surface area contributed by atoms with Crippen LogP contribution < -0.4 is 0 Å². The second-order valence-electron chi connectivity index (χ2n) is 5.96. The zero-order valence-electron chi connectivity index (χ0n) is 14.2. The number of aromatic nitrogens is 1. The summed E-state index contributed by atoms with van der Waals surface area (Å²) >= 11 is 1.47. The third-order valence-electron chi connectivity index (χ3n) is 4.03. The Labute approximate surface area is 151 Å². The van der Waals surface area contributed by atoms with Gasteiger partial charge >= 0.3 is 0 Å². The summed E-state index contributed by atoms with van der Waals surface area (Å²) in [5.41, 5.74) is 1.95. The number of hydrogen-bond acceptors (Lipinski definition) is 2. The van der Waals surface area contributed by atoms with E-state index < -0.39 is 0 Å². The molecule has 0 unspecified atom stereocenters. The molecule has 0 saturated carbocycles. The minimum Gasteiger partial charge on any atom is -0.345 e. The third kappa shape index (κ3) is 4.37. The zero-order valence-corrected chi connectivity index (χ0v) is 15.0. The van der Waals surface area contributed by atoms with Crippen LogP contribution in [0.1, 0.15) is 34.3 Å². The maximum atomic E-state index is 13.4. The highest BCUT2D eigenvalue weighted by Crippen LogP contribution is 2.16. The van der Waals surface area contributed by atoms with Crippen LogP contribution in [-0.4, -0.2) is 21.9 Å². The highest BCUT2D eigenvalue weighted by molar-refractivity contribution is 7.12. The fourth-order valence-corrected chi connectivity index (χ4v) is 3.54. The number of benzene rings is 1. The molecule has 0 spiro atoms. The van der Waals surface area contributed by atoms with E-state index in [4.69, 9.17) is 0 Å². The summed E-state index contributed by atoms with van der Waals surface area (Å²) in [5, 5.41) is 1.92. The number of carbonyl (C=O) groups is 1. The van der Waals surface area contributed by atoms with Gasteiger partial charge in [-0.1, -0.05) is 25.1 Å². The summed E-state index contributed by atoms with van der Waals surface area (Å²) in [6.07, 6.45) is 2.88. The first-order chi connectivity index (χ1) is 12.2. The second kappa shape index (κ2) is 8.12. The number of carbonyl (C=O) groups excluding carboxylic acids is 1. The molecule has 0 atom stereocenters. The van der Waals surface area contributed by atoms with E-state index in [1.807, 2.05) is 46.8 Å². The van der Waals surface area contributed by atoms with Crippen molar-refractivity contribution in [3.63, 3.8) is 0 Å². The summed E-state index contributed by atoms with van der Waals surface area (Å²) in [4.78, 5) is 15.4. The first kappa shape index (κ1) is 17.4. The van der Waals surface area contributed by atoms with Crippen molar-refractivity contribution in [1.82, 2.24) is 9.47 Å². The van der Waals surface area contributed by atoms with E-state index in [0.29, 0.717) is 19.6 Å². The van der Waals surface area contributed by atoms with Crippen LogP contribution in [0.25, 0.3) is 0 Å². The van der Waals surface area contributed by atoms with Gasteiger partial charge in [0.1, 0.15) is 5.82 Å². The fourth-order valence-electron chi connectivity index (χ4n) is 2.85. The Kier molecular flexibility index (Phi) is 5.66. The van der Waals surface area contributed by atoms with E-state index in [1.54, 1.807) is 12.1 Å². The maximum Gasteiger partial charge on any atom is 0.264 e. The third-order valence-corrected chi connectivity index (χ3v) is 4.89. The zero-order chi connectivity index (χ0) is 17.6. The van der Waals surface area contributed by atoms with Crippen LogP contribution in [0.3, 0.4) is 0 Å². The lowest BCUT2D eigenvalue weighted by atomic mass is 10.2. The van der Waals surface area contributed by atoms with Crippen molar-refractivity contribution in [2.75, 3.05) is 6.54 Å². The SMILES string of the molecule is CCCN(Cc1cccn1Cc1cccc(F)c1)C(=O)c1cccs1. The van der Waals surface area contributed by atoms with Crippen molar-refractivity contribution in [3.05, 3.63) is 82.1 Å². The minimum absolute atomic E-state index is 0.0651. The van der Waals surface area contributed by atoms with E-state index in [0.717, 1.165) is 22.6 Å². The van der Waals surface area contributed by atoms with Gasteiger partial charge in [0.2, 0.25) is 0 Å². The van der Waals surface area contributed by atoms with E-state index in [2.05, 4.69) is 11.5 Å². The molecule has 0 aliphatic carbocycles. The lowest BCUT2D eigenvalue weighted by Crippen LogP contribution is -2.31. The van der Waals surface area contributed by atoms with Gasteiger partial charge in [-0.15, -0.1) is 11.3 Å². The largest absolute Gasteiger partial charge is 0.345 e. The molecule has 0 bridgehead atoms. The molecule has 2 aromatic heterocycles. The normalized spacial score (nSPS) is 10.8. The van der Waals surface area contributed by atoms with E-state index in [1.165, 1.54) is 17.4 Å². The molecule has 3 nitrogen and oxygen atoms in total. The van der Waals surface area contributed by atoms with Crippen LogP contribution in [0, 0.1) is 5.82 Å². The molecule has 0 fully saturated rings. The average molecular weight is 356 g/mol. The Morgan fingerprint density at radius 1 is 1.20 bits per heavy atom. The first-order valence-corrected chi connectivity index (χ1v) is 9.26. The Morgan fingerprint density at radius 3 is 2.80 bits per heavy atom. The van der Waals surface area contributed by atoms with Crippen molar-refractivity contribution in [1.29, 1.82) is 0 Å². The Balaban J connectivity index is 1.77. The maximum absolute atomic E-state index is 13.4. The van der Waals surface area contributed by atoms with Gasteiger partial charge in [-0.2, -0.15) is 0 Å². The van der Waals surface area contributed by atoms with Gasteiger partial charge in [-0.25, -0.2) is 4.39 Å². The molecular weight excluding hydrogens is 335 g/mol. The summed E-state index contributed by atoms with van der Waals surface area (Å²) in [6.45, 7) is 3.92. The van der Waals surface area contributed by atoms with Gasteiger partial charge in [-0.05, 0) is 47.7 Å². The summed E-state index contributed by atoms with van der Waals surface area (Å²) in [6, 6.07) is 14.4. The molecule has 25 heavy (non-hydrogen) atoms. The van der Waals surface area contributed by atoms with Crippen LogP contribution in [0.15, 0.2) is 60.1 Å². The highest BCUT2D eigenvalue weighted by Gasteiger charge is 2.17. The Bertz CT molecular complexity index is 826. The molecule has 5 heteroatoms. The van der Waals surface area contributed by atoms with Gasteiger partial charge in [0.05, 0.1) is 11.4 Å². The molecule has 3 rings (SSSR count). The molecule has 1 aromatic carbocycles. The van der Waals surface area contributed by atoms with Crippen LogP contribution in [0.2, 0.25) is 0 Å². The molecule has 0 aliphatic rings. The number of halogens is 1. The Morgan fingerprint density at radius 2 is 2.08 bits per heavy atom. The van der Waals surface area contributed by atoms with E-state index >= 15 is 0 Å². The molecule has 0 radical (unpaired) electrons. The Hall–Kier alpha value is -2.40. The van der Waals surface area contributed by atoms with Gasteiger partial charge in [0.25, 0.3) is 5.91 Å². The standard InChI is InChI=1S/C20H21FN2OS/c1-2-10-23(20(24)19-9-5-12-25-19)15-18-8-4-11-22(18)14-16-6-3-7-17(21)13-16/h3-9,11-13H,2,10,14-15H2,1H3. The monoisotopic (exact) mass is 356 g/mol. The highest BCUT2D eigenvalue weighted by atomic mass is 32.1. The molecule has 0 saturated heterocycles. The topological polar surface area (TPSA) is 25.2 Å². The molecule has 1 amide bonds. The number of thiophene rings is 1. The van der Waals surface area contributed by atoms with Gasteiger partial charge in [0, 0.05) is 25.0 Å². The summed E-state index contributed by atoms with van der Waals surface area (Å²) in [5.74, 6) is -0.165. The van der Waals surface area contributed by atoms with E-state index in [9.17, 15) is 9.18 Å². The summed E-state index contributed by atoms with van der Waals surface area (Å²) < 4.78 is 15.5. The van der Waals surface area contributed by atoms with Crippen molar-refractivity contribution in [2.45, 2.75) is 26.4 Å². The van der Waals surface area contributed by atoms with Gasteiger partial charge in [0.15, 0.2) is 0 Å². The lowest BCUT2D eigenvalue weighted by molar-refractivity contribution is 0.0744. The van der Waals surface area contributed by atoms with Gasteiger partial charge in [-0.3, -0.25) is 4.79 Å². The minimum atomic E-state index is -0.230. The number of amides is 1. The number of hydrogen-bond donors (Lipinski definition) is 0. The van der Waals surface area contributed by atoms with Crippen LogP contribution in [-0.2, 0) is 13.1 Å². The van der Waals surface area contributed by atoms with E-state index in [-0.39, 0.29) is 11.7 Å². The molecule has 2 heterocycles. The van der Waals surface area contributed by atoms with Crippen LogP contribution in [0.5, 0.6) is 0 Å². The first-order valence-electron chi connectivity index (χ1n) is 8.38. The second-order valence-corrected chi connectivity index (χ2v) is 6.91. The van der Waals surface area contributed by atoms with Crippen LogP contribution in [0.4, 0.5) is 4.39 Å². The average Bonchev–Trinajstić information content (AvgIpc) is 3.26. The fraction of sp³-hybridized carbons (Fsp3) is 0.250.